The summed E-state index contributed by atoms with van der Waals surface area (Å²) in [4.78, 5) is 31.4. The number of likely N-dealkylation sites (N-methyl/N-ethyl adjacent to an activating group) is 1. The molecule has 2 bridgehead atoms. The van der Waals surface area contributed by atoms with Gasteiger partial charge in [0.15, 0.2) is 9.74 Å². The van der Waals surface area contributed by atoms with Gasteiger partial charge in [-0.05, 0) is 25.5 Å². The molecule has 6 nitrogen and oxygen atoms in total. The van der Waals surface area contributed by atoms with Crippen molar-refractivity contribution in [3.8, 4) is 6.07 Å². The molecule has 4 rings (SSSR count). The Labute approximate surface area is 138 Å². The van der Waals surface area contributed by atoms with E-state index in [9.17, 15) is 14.9 Å². The summed E-state index contributed by atoms with van der Waals surface area (Å²) >= 11 is 1.37. The van der Waals surface area contributed by atoms with E-state index in [1.165, 1.54) is 16.7 Å². The van der Waals surface area contributed by atoms with Crippen LogP contribution in [0.25, 0.3) is 0 Å². The third kappa shape index (κ3) is 1.43. The van der Waals surface area contributed by atoms with Crippen molar-refractivity contribution in [2.24, 2.45) is 5.41 Å². The van der Waals surface area contributed by atoms with Crippen LogP contribution in [0.15, 0.2) is 24.5 Å². The molecule has 2 unspecified atom stereocenters. The van der Waals surface area contributed by atoms with Gasteiger partial charge < -0.3 is 9.80 Å². The molecule has 118 valence electrons. The van der Waals surface area contributed by atoms with Gasteiger partial charge in [0.05, 0.1) is 17.5 Å². The number of amides is 2. The summed E-state index contributed by atoms with van der Waals surface area (Å²) in [5, 5.41) is 9.80. The minimum atomic E-state index is -0.967. The Hall–Kier alpha value is -2.07. The summed E-state index contributed by atoms with van der Waals surface area (Å²) < 4.78 is 0. The standard InChI is InChI=1S/C16H16N4O2S/c1-14(9-17)8-16-13(22)19(3)15(2,23-16)12(21)20(16)11(14)10-5-4-6-18-7-10/h4-7,11H,8H2,1-3H3/t11?,14-,15?,16+/m1/s1. The van der Waals surface area contributed by atoms with Crippen molar-refractivity contribution in [3.05, 3.63) is 30.1 Å². The lowest BCUT2D eigenvalue weighted by Crippen LogP contribution is -2.60. The second-order valence-corrected chi connectivity index (χ2v) is 8.48. The number of hydrogen-bond donors (Lipinski definition) is 0. The van der Waals surface area contributed by atoms with Gasteiger partial charge in [0.25, 0.3) is 11.8 Å². The van der Waals surface area contributed by atoms with Gasteiger partial charge in [0, 0.05) is 25.9 Å². The average Bonchev–Trinajstić information content (AvgIpc) is 3.01. The lowest BCUT2D eigenvalue weighted by molar-refractivity contribution is -0.159. The molecule has 0 aliphatic carbocycles. The quantitative estimate of drug-likeness (QED) is 0.781. The molecule has 1 aromatic heterocycles. The van der Waals surface area contributed by atoms with Gasteiger partial charge in [-0.1, -0.05) is 17.8 Å². The van der Waals surface area contributed by atoms with E-state index in [2.05, 4.69) is 11.1 Å². The molecule has 23 heavy (non-hydrogen) atoms. The van der Waals surface area contributed by atoms with Crippen molar-refractivity contribution in [1.29, 1.82) is 5.26 Å². The van der Waals surface area contributed by atoms with E-state index >= 15 is 0 Å². The average molecular weight is 328 g/mol. The normalized spacial score (nSPS) is 41.4. The SMILES string of the molecule is CN1C(=O)[C@@]23C[C@](C)(C#N)C(c4cccnc4)N2C(=O)C1(C)S3. The van der Waals surface area contributed by atoms with Crippen molar-refractivity contribution in [2.45, 2.75) is 36.1 Å². The Balaban J connectivity index is 1.94. The number of aromatic nitrogens is 1. The molecule has 4 atom stereocenters. The predicted molar refractivity (Wildman–Crippen MR) is 83.7 cm³/mol. The monoisotopic (exact) mass is 328 g/mol. The molecule has 7 heteroatoms. The number of rotatable bonds is 1. The zero-order valence-corrected chi connectivity index (χ0v) is 13.9. The number of hydrogen-bond acceptors (Lipinski definition) is 5. The fraction of sp³-hybridized carbons (Fsp3) is 0.500. The van der Waals surface area contributed by atoms with E-state index in [1.807, 2.05) is 13.0 Å². The molecule has 4 heterocycles. The maximum absolute atomic E-state index is 13.1. The van der Waals surface area contributed by atoms with Crippen LogP contribution in [0.1, 0.15) is 31.9 Å². The Morgan fingerprint density at radius 1 is 1.39 bits per heavy atom. The lowest BCUT2D eigenvalue weighted by atomic mass is 9.80. The summed E-state index contributed by atoms with van der Waals surface area (Å²) in [6, 6.07) is 5.56. The first-order chi connectivity index (χ1) is 10.8. The largest absolute Gasteiger partial charge is 0.320 e. The number of piperazine rings is 1. The highest BCUT2D eigenvalue weighted by Crippen LogP contribution is 2.69. The maximum Gasteiger partial charge on any atom is 0.261 e. The van der Waals surface area contributed by atoms with Crippen molar-refractivity contribution in [2.75, 3.05) is 7.05 Å². The molecule has 1 aromatic rings. The summed E-state index contributed by atoms with van der Waals surface area (Å²) in [5.74, 6) is -0.185. The number of pyridine rings is 1. The van der Waals surface area contributed by atoms with Crippen molar-refractivity contribution in [3.63, 3.8) is 0 Å². The number of thioether (sulfide) groups is 1. The molecule has 3 saturated heterocycles. The van der Waals surface area contributed by atoms with Gasteiger partial charge in [0.2, 0.25) is 0 Å². The predicted octanol–water partition coefficient (Wildman–Crippen LogP) is 1.52. The van der Waals surface area contributed by atoms with Crippen LogP contribution in [-0.4, -0.2) is 43.4 Å². The molecular weight excluding hydrogens is 312 g/mol. The zero-order valence-electron chi connectivity index (χ0n) is 13.1. The summed E-state index contributed by atoms with van der Waals surface area (Å²) in [5.41, 5.74) is -0.0256. The third-order valence-corrected chi connectivity index (χ3v) is 7.07. The Bertz CT molecular complexity index is 778. The first kappa shape index (κ1) is 14.5. The number of carbonyl (C=O) groups is 2. The van der Waals surface area contributed by atoms with Gasteiger partial charge in [-0.3, -0.25) is 14.6 Å². The van der Waals surface area contributed by atoms with Crippen LogP contribution in [0.2, 0.25) is 0 Å². The Morgan fingerprint density at radius 3 is 2.74 bits per heavy atom. The van der Waals surface area contributed by atoms with Crippen LogP contribution < -0.4 is 0 Å². The molecule has 0 saturated carbocycles. The number of fused-ring (bicyclic) bond motifs is 1. The zero-order chi connectivity index (χ0) is 16.6. The van der Waals surface area contributed by atoms with Crippen LogP contribution >= 0.6 is 11.8 Å². The van der Waals surface area contributed by atoms with Gasteiger partial charge in [-0.2, -0.15) is 5.26 Å². The van der Waals surface area contributed by atoms with Gasteiger partial charge >= 0.3 is 0 Å². The van der Waals surface area contributed by atoms with Crippen LogP contribution in [0.4, 0.5) is 0 Å². The third-order valence-electron chi connectivity index (χ3n) is 5.38. The van der Waals surface area contributed by atoms with Gasteiger partial charge in [0.1, 0.15) is 0 Å². The second-order valence-electron chi connectivity index (χ2n) is 6.80. The Kier molecular flexibility index (Phi) is 2.56. The lowest BCUT2D eigenvalue weighted by Gasteiger charge is -2.39. The van der Waals surface area contributed by atoms with Gasteiger partial charge in [-0.25, -0.2) is 0 Å². The molecule has 0 N–H and O–H groups in total. The number of nitriles is 1. The molecule has 3 fully saturated rings. The van der Waals surface area contributed by atoms with Crippen molar-refractivity contribution in [1.82, 2.24) is 14.8 Å². The smallest absolute Gasteiger partial charge is 0.261 e. The van der Waals surface area contributed by atoms with E-state index < -0.39 is 21.2 Å². The first-order valence-electron chi connectivity index (χ1n) is 7.43. The molecule has 3 aliphatic heterocycles. The van der Waals surface area contributed by atoms with E-state index in [0.29, 0.717) is 6.42 Å². The van der Waals surface area contributed by atoms with E-state index in [1.54, 1.807) is 37.3 Å². The summed E-state index contributed by atoms with van der Waals surface area (Å²) in [6.07, 6.45) is 3.68. The second kappa shape index (κ2) is 4.06. The Morgan fingerprint density at radius 2 is 2.13 bits per heavy atom. The molecular formula is C16H16N4O2S. The highest BCUT2D eigenvalue weighted by atomic mass is 32.2. The molecule has 0 radical (unpaired) electrons. The number of carbonyl (C=O) groups excluding carboxylic acids is 2. The molecule has 3 aliphatic rings. The fourth-order valence-corrected chi connectivity index (χ4v) is 6.13. The van der Waals surface area contributed by atoms with Crippen LogP contribution in [-0.2, 0) is 9.59 Å². The summed E-state index contributed by atoms with van der Waals surface area (Å²) in [6.45, 7) is 3.61. The molecule has 2 amide bonds. The van der Waals surface area contributed by atoms with Crippen LogP contribution in [0.3, 0.4) is 0 Å². The maximum atomic E-state index is 13.1. The van der Waals surface area contributed by atoms with Crippen LogP contribution in [0, 0.1) is 16.7 Å². The van der Waals surface area contributed by atoms with Gasteiger partial charge in [-0.15, -0.1) is 0 Å². The highest BCUT2D eigenvalue weighted by molar-refractivity contribution is 8.04. The first-order valence-corrected chi connectivity index (χ1v) is 8.25. The van der Waals surface area contributed by atoms with E-state index in [4.69, 9.17) is 0 Å². The summed E-state index contributed by atoms with van der Waals surface area (Å²) in [7, 11) is 1.67. The van der Waals surface area contributed by atoms with Crippen molar-refractivity contribution >= 4 is 23.6 Å². The molecule has 0 aromatic carbocycles. The van der Waals surface area contributed by atoms with Crippen molar-refractivity contribution < 1.29 is 9.59 Å². The number of nitrogens with zero attached hydrogens (tertiary/aromatic N) is 4. The minimum Gasteiger partial charge on any atom is -0.320 e. The van der Waals surface area contributed by atoms with E-state index in [-0.39, 0.29) is 11.8 Å². The topological polar surface area (TPSA) is 77.3 Å². The fourth-order valence-electron chi connectivity index (χ4n) is 4.18. The minimum absolute atomic E-state index is 0.0857. The molecule has 1 spiro atoms. The van der Waals surface area contributed by atoms with E-state index in [0.717, 1.165) is 5.56 Å². The highest BCUT2D eigenvalue weighted by Gasteiger charge is 2.78. The van der Waals surface area contributed by atoms with Crippen LogP contribution in [0.5, 0.6) is 0 Å².